The first-order valence-electron chi connectivity index (χ1n) is 8.96. The number of para-hydroxylation sites is 1. The highest BCUT2D eigenvalue weighted by atomic mass is 19.4. The molecule has 172 valence electrons. The second-order valence-electron chi connectivity index (χ2n) is 6.30. The minimum absolute atomic E-state index is 0.156. The van der Waals surface area contributed by atoms with Crippen molar-refractivity contribution in [3.05, 3.63) is 59.7 Å². The average Bonchev–Trinajstić information content (AvgIpc) is 2.66. The number of benzene rings is 2. The van der Waals surface area contributed by atoms with Crippen LogP contribution >= 0.6 is 0 Å². The number of hydrogen-bond acceptors (Lipinski definition) is 4. The van der Waals surface area contributed by atoms with Crippen molar-refractivity contribution in [1.82, 2.24) is 0 Å². The number of amides is 2. The lowest BCUT2D eigenvalue weighted by Gasteiger charge is -2.22. The molecule has 0 saturated carbocycles. The molecule has 32 heavy (non-hydrogen) atoms. The summed E-state index contributed by atoms with van der Waals surface area (Å²) in [6.07, 6.45) is -11.7. The van der Waals surface area contributed by atoms with Crippen molar-refractivity contribution < 1.29 is 45.5 Å². The zero-order chi connectivity index (χ0) is 24.1. The summed E-state index contributed by atoms with van der Waals surface area (Å²) in [5, 5.41) is 3.90. The predicted molar refractivity (Wildman–Crippen MR) is 101 cm³/mol. The quantitative estimate of drug-likeness (QED) is 0.478. The SMILES string of the molecule is CCOC(=O)c1ccc(NC(=O)c2ccccc2NC(=O)C(C(F)(F)F)C(F)(F)F)cc1. The van der Waals surface area contributed by atoms with E-state index in [-0.39, 0.29) is 23.4 Å². The molecule has 0 saturated heterocycles. The molecule has 0 aliphatic carbocycles. The first-order chi connectivity index (χ1) is 14.8. The molecule has 2 N–H and O–H groups in total. The predicted octanol–water partition coefficient (Wildman–Crippen LogP) is 4.79. The van der Waals surface area contributed by atoms with E-state index < -0.39 is 41.7 Å². The Balaban J connectivity index is 2.21. The van der Waals surface area contributed by atoms with Gasteiger partial charge in [0, 0.05) is 5.69 Å². The van der Waals surface area contributed by atoms with Crippen LogP contribution in [0.15, 0.2) is 48.5 Å². The molecule has 2 amide bonds. The minimum Gasteiger partial charge on any atom is -0.462 e. The molecular formula is C20H16F6N2O4. The number of halogens is 6. The standard InChI is InChI=1S/C20H16F6N2O4/c1-2-32-18(31)11-7-9-12(10-8-11)27-16(29)13-5-3-4-6-14(13)28-17(30)15(19(21,22)23)20(24,25)26/h3-10,15H,2H2,1H3,(H,27,29)(H,28,30). The summed E-state index contributed by atoms with van der Waals surface area (Å²) in [5.41, 5.74) is -0.550. The van der Waals surface area contributed by atoms with Crippen molar-refractivity contribution in [1.29, 1.82) is 0 Å². The largest absolute Gasteiger partial charge is 0.462 e. The van der Waals surface area contributed by atoms with Crippen LogP contribution in [0.25, 0.3) is 0 Å². The highest BCUT2D eigenvalue weighted by Crippen LogP contribution is 2.40. The molecule has 6 nitrogen and oxygen atoms in total. The van der Waals surface area contributed by atoms with Crippen molar-refractivity contribution >= 4 is 29.2 Å². The summed E-state index contributed by atoms with van der Waals surface area (Å²) >= 11 is 0. The normalized spacial score (nSPS) is 11.8. The molecule has 0 fully saturated rings. The molecule has 2 aromatic rings. The van der Waals surface area contributed by atoms with Crippen LogP contribution in [0.5, 0.6) is 0 Å². The molecule has 0 aromatic heterocycles. The van der Waals surface area contributed by atoms with Gasteiger partial charge in [-0.05, 0) is 43.3 Å². The van der Waals surface area contributed by atoms with E-state index in [0.717, 1.165) is 12.1 Å². The second kappa shape index (κ2) is 9.71. The molecule has 0 aliphatic heterocycles. The monoisotopic (exact) mass is 462 g/mol. The lowest BCUT2D eigenvalue weighted by molar-refractivity contribution is -0.272. The van der Waals surface area contributed by atoms with Crippen LogP contribution < -0.4 is 10.6 Å². The maximum Gasteiger partial charge on any atom is 0.409 e. The lowest BCUT2D eigenvalue weighted by atomic mass is 10.1. The van der Waals surface area contributed by atoms with Crippen LogP contribution in [0.1, 0.15) is 27.6 Å². The Morgan fingerprint density at radius 1 is 0.875 bits per heavy atom. The molecule has 2 aromatic carbocycles. The Morgan fingerprint density at radius 2 is 1.44 bits per heavy atom. The molecule has 12 heteroatoms. The third-order valence-electron chi connectivity index (χ3n) is 4.00. The maximum atomic E-state index is 12.8. The molecule has 0 unspecified atom stereocenters. The average molecular weight is 462 g/mol. The van der Waals surface area contributed by atoms with E-state index in [1.807, 2.05) is 0 Å². The van der Waals surface area contributed by atoms with Crippen molar-refractivity contribution in [3.63, 3.8) is 0 Å². The Hall–Kier alpha value is -3.57. The highest BCUT2D eigenvalue weighted by Gasteiger charge is 2.61. The highest BCUT2D eigenvalue weighted by molar-refractivity contribution is 6.10. The zero-order valence-electron chi connectivity index (χ0n) is 16.3. The number of hydrogen-bond donors (Lipinski definition) is 2. The van der Waals surface area contributed by atoms with Crippen molar-refractivity contribution in [2.24, 2.45) is 5.92 Å². The number of ether oxygens (including phenoxy) is 1. The smallest absolute Gasteiger partial charge is 0.409 e. The number of anilines is 2. The fourth-order valence-corrected chi connectivity index (χ4v) is 2.58. The van der Waals surface area contributed by atoms with Crippen LogP contribution in [0.2, 0.25) is 0 Å². The van der Waals surface area contributed by atoms with Gasteiger partial charge in [-0.3, -0.25) is 9.59 Å². The van der Waals surface area contributed by atoms with E-state index in [1.54, 1.807) is 6.92 Å². The van der Waals surface area contributed by atoms with Gasteiger partial charge in [-0.1, -0.05) is 12.1 Å². The third kappa shape index (κ3) is 6.22. The fraction of sp³-hybridized carbons (Fsp3) is 0.250. The van der Waals surface area contributed by atoms with E-state index in [9.17, 15) is 40.7 Å². The van der Waals surface area contributed by atoms with Gasteiger partial charge < -0.3 is 15.4 Å². The van der Waals surface area contributed by atoms with Crippen LogP contribution in [-0.2, 0) is 9.53 Å². The van der Waals surface area contributed by atoms with Gasteiger partial charge >= 0.3 is 18.3 Å². The molecule has 0 radical (unpaired) electrons. The van der Waals surface area contributed by atoms with Crippen LogP contribution in [-0.4, -0.2) is 36.7 Å². The summed E-state index contributed by atoms with van der Waals surface area (Å²) in [5.74, 6) is -8.15. The summed E-state index contributed by atoms with van der Waals surface area (Å²) < 4.78 is 81.4. The number of nitrogens with one attached hydrogen (secondary N) is 2. The summed E-state index contributed by atoms with van der Waals surface area (Å²) in [6.45, 7) is 1.78. The van der Waals surface area contributed by atoms with Crippen molar-refractivity contribution in [2.45, 2.75) is 19.3 Å². The molecular weight excluding hydrogens is 446 g/mol. The van der Waals surface area contributed by atoms with E-state index >= 15 is 0 Å². The Labute approximate surface area is 177 Å². The molecule has 0 bridgehead atoms. The number of rotatable bonds is 6. The number of esters is 1. The van der Waals surface area contributed by atoms with Crippen LogP contribution in [0.4, 0.5) is 37.7 Å². The van der Waals surface area contributed by atoms with Gasteiger partial charge in [-0.25, -0.2) is 4.79 Å². The first kappa shape index (κ1) is 24.7. The Bertz CT molecular complexity index is 973. The van der Waals surface area contributed by atoms with E-state index in [4.69, 9.17) is 4.74 Å². The first-order valence-corrected chi connectivity index (χ1v) is 8.96. The fourth-order valence-electron chi connectivity index (χ4n) is 2.58. The lowest BCUT2D eigenvalue weighted by Crippen LogP contribution is -2.45. The second-order valence-corrected chi connectivity index (χ2v) is 6.30. The third-order valence-corrected chi connectivity index (χ3v) is 4.00. The van der Waals surface area contributed by atoms with Gasteiger partial charge in [0.2, 0.25) is 11.8 Å². The molecule has 0 atom stereocenters. The molecule has 0 heterocycles. The van der Waals surface area contributed by atoms with E-state index in [2.05, 4.69) is 5.32 Å². The summed E-state index contributed by atoms with van der Waals surface area (Å²) in [7, 11) is 0. The molecule has 0 spiro atoms. The topological polar surface area (TPSA) is 84.5 Å². The van der Waals surface area contributed by atoms with Gasteiger partial charge in [0.25, 0.3) is 5.91 Å². The number of carbonyl (C=O) groups excluding carboxylic acids is 3. The number of alkyl halides is 6. The zero-order valence-corrected chi connectivity index (χ0v) is 16.3. The van der Waals surface area contributed by atoms with Gasteiger partial charge in [0.15, 0.2) is 0 Å². The van der Waals surface area contributed by atoms with Gasteiger partial charge in [-0.2, -0.15) is 26.3 Å². The van der Waals surface area contributed by atoms with E-state index in [0.29, 0.717) is 0 Å². The maximum absolute atomic E-state index is 12.8. The minimum atomic E-state index is -5.87. The van der Waals surface area contributed by atoms with Crippen molar-refractivity contribution in [2.75, 3.05) is 17.2 Å². The number of carbonyl (C=O) groups is 3. The molecule has 0 aliphatic rings. The van der Waals surface area contributed by atoms with Gasteiger partial charge in [-0.15, -0.1) is 0 Å². The van der Waals surface area contributed by atoms with Gasteiger partial charge in [0.1, 0.15) is 0 Å². The Morgan fingerprint density at radius 3 is 1.97 bits per heavy atom. The Kier molecular flexibility index (Phi) is 7.49. The summed E-state index contributed by atoms with van der Waals surface area (Å²) in [4.78, 5) is 35.9. The summed E-state index contributed by atoms with van der Waals surface area (Å²) in [6, 6.07) is 9.99. The van der Waals surface area contributed by atoms with Crippen LogP contribution in [0.3, 0.4) is 0 Å². The van der Waals surface area contributed by atoms with Crippen LogP contribution in [0, 0.1) is 5.92 Å². The van der Waals surface area contributed by atoms with Gasteiger partial charge in [0.05, 0.1) is 23.4 Å². The van der Waals surface area contributed by atoms with E-state index in [1.165, 1.54) is 41.7 Å². The van der Waals surface area contributed by atoms with Crippen molar-refractivity contribution in [3.8, 4) is 0 Å². The molecule has 2 rings (SSSR count).